The number of carbonyl (C=O) groups is 2. The number of hydrogen-bond donors (Lipinski definition) is 2. The summed E-state index contributed by atoms with van der Waals surface area (Å²) in [6.07, 6.45) is 4.97. The van der Waals surface area contributed by atoms with E-state index in [1.54, 1.807) is 11.4 Å². The van der Waals surface area contributed by atoms with Gasteiger partial charge < -0.3 is 15.2 Å². The first-order chi connectivity index (χ1) is 8.10. The summed E-state index contributed by atoms with van der Waals surface area (Å²) >= 11 is 1.17. The van der Waals surface area contributed by atoms with E-state index in [4.69, 9.17) is 16.3 Å². The topological polar surface area (TPSA) is 75.6 Å². The average Bonchev–Trinajstić information content (AvgIpc) is 2.76. The van der Waals surface area contributed by atoms with E-state index < -0.39 is 17.9 Å². The van der Waals surface area contributed by atoms with E-state index in [0.717, 1.165) is 0 Å². The van der Waals surface area contributed by atoms with E-state index in [1.807, 2.05) is 0 Å². The van der Waals surface area contributed by atoms with E-state index >= 15 is 0 Å². The third kappa shape index (κ3) is 3.23. The van der Waals surface area contributed by atoms with Crippen molar-refractivity contribution in [3.05, 3.63) is 16.3 Å². The number of hydrogen-bond acceptors (Lipinski definition) is 4. The molecule has 0 bridgehead atoms. The van der Waals surface area contributed by atoms with E-state index in [2.05, 4.69) is 11.2 Å². The molecule has 0 saturated heterocycles. The Morgan fingerprint density at radius 3 is 2.94 bits per heavy atom. The zero-order valence-corrected chi connectivity index (χ0v) is 9.91. The van der Waals surface area contributed by atoms with Crippen LogP contribution in [0.5, 0.6) is 5.75 Å². The molecule has 2 N–H and O–H groups in total. The second-order valence-electron chi connectivity index (χ2n) is 3.09. The van der Waals surface area contributed by atoms with Crippen molar-refractivity contribution in [3.63, 3.8) is 0 Å². The predicted molar refractivity (Wildman–Crippen MR) is 63.2 cm³/mol. The lowest BCUT2D eigenvalue weighted by Crippen LogP contribution is -2.40. The number of nitrogens with one attached hydrogen (secondary N) is 1. The Hall–Kier alpha value is -2.00. The van der Waals surface area contributed by atoms with Crippen LogP contribution in [0.15, 0.2) is 11.4 Å². The molecule has 0 saturated carbocycles. The normalized spacial score (nSPS) is 11.3. The first-order valence-electron chi connectivity index (χ1n) is 4.68. The van der Waals surface area contributed by atoms with Crippen LogP contribution in [0, 0.1) is 12.3 Å². The number of rotatable bonds is 5. The van der Waals surface area contributed by atoms with E-state index in [1.165, 1.54) is 18.4 Å². The third-order valence-corrected chi connectivity index (χ3v) is 2.88. The second kappa shape index (κ2) is 5.92. The van der Waals surface area contributed by atoms with Crippen LogP contribution in [0.2, 0.25) is 0 Å². The molecule has 1 aromatic rings. The Labute approximate surface area is 102 Å². The lowest BCUT2D eigenvalue weighted by molar-refractivity contribution is -0.139. The van der Waals surface area contributed by atoms with Crippen LogP contribution in [0.25, 0.3) is 0 Å². The van der Waals surface area contributed by atoms with Gasteiger partial charge in [0.25, 0.3) is 5.91 Å². The lowest BCUT2D eigenvalue weighted by Gasteiger charge is -2.11. The molecule has 1 atom stereocenters. The fraction of sp³-hybridized carbons (Fsp3) is 0.273. The number of carboxylic acid groups (broad SMARTS) is 1. The van der Waals surface area contributed by atoms with Crippen LogP contribution >= 0.6 is 11.3 Å². The highest BCUT2D eigenvalue weighted by Crippen LogP contribution is 2.24. The zero-order valence-electron chi connectivity index (χ0n) is 9.10. The Kier molecular flexibility index (Phi) is 4.55. The highest BCUT2D eigenvalue weighted by molar-refractivity contribution is 7.12. The molecule has 90 valence electrons. The summed E-state index contributed by atoms with van der Waals surface area (Å²) in [5.74, 6) is 0.958. The molecule has 0 fully saturated rings. The summed E-state index contributed by atoms with van der Waals surface area (Å²) in [6.45, 7) is 0. The van der Waals surface area contributed by atoms with Crippen LogP contribution in [0.4, 0.5) is 0 Å². The number of thiophene rings is 1. The highest BCUT2D eigenvalue weighted by Gasteiger charge is 2.22. The molecular weight excluding hydrogens is 242 g/mol. The molecule has 1 rings (SSSR count). The summed E-state index contributed by atoms with van der Waals surface area (Å²) in [5.41, 5.74) is 0. The van der Waals surface area contributed by atoms with Gasteiger partial charge in [-0.2, -0.15) is 0 Å². The summed E-state index contributed by atoms with van der Waals surface area (Å²) in [7, 11) is 1.44. The van der Waals surface area contributed by atoms with Crippen molar-refractivity contribution in [2.24, 2.45) is 0 Å². The fourth-order valence-corrected chi connectivity index (χ4v) is 1.93. The van der Waals surface area contributed by atoms with E-state index in [-0.39, 0.29) is 6.42 Å². The second-order valence-corrected chi connectivity index (χ2v) is 4.01. The molecule has 6 heteroatoms. The largest absolute Gasteiger partial charge is 0.495 e. The minimum Gasteiger partial charge on any atom is -0.495 e. The van der Waals surface area contributed by atoms with Crippen LogP contribution < -0.4 is 10.1 Å². The Balaban J connectivity index is 2.78. The van der Waals surface area contributed by atoms with Gasteiger partial charge in [0, 0.05) is 6.42 Å². The highest BCUT2D eigenvalue weighted by atomic mass is 32.1. The minimum atomic E-state index is -1.16. The predicted octanol–water partition coefficient (Wildman–Crippen LogP) is 0.963. The molecule has 1 aromatic heterocycles. The standard InChI is InChI=1S/C11H11NO4S/c1-3-4-7(11(14)15)12-10(13)9-8(16-2)5-6-17-9/h1,5-7H,4H2,2H3,(H,12,13)(H,14,15). The van der Waals surface area contributed by atoms with Gasteiger partial charge in [-0.15, -0.1) is 23.7 Å². The van der Waals surface area contributed by atoms with Gasteiger partial charge in [-0.1, -0.05) is 0 Å². The molecule has 1 amide bonds. The number of methoxy groups -OCH3 is 1. The van der Waals surface area contributed by atoms with Crippen molar-refractivity contribution in [3.8, 4) is 18.1 Å². The van der Waals surface area contributed by atoms with Crippen LogP contribution in [0.1, 0.15) is 16.1 Å². The number of aliphatic carboxylic acids is 1. The number of ether oxygens (including phenoxy) is 1. The quantitative estimate of drug-likeness (QED) is 0.766. The minimum absolute atomic E-state index is 0.0607. The van der Waals surface area contributed by atoms with Crippen LogP contribution in [0.3, 0.4) is 0 Å². The van der Waals surface area contributed by atoms with Crippen LogP contribution in [-0.4, -0.2) is 30.1 Å². The average molecular weight is 253 g/mol. The van der Waals surface area contributed by atoms with Crippen molar-refractivity contribution in [1.82, 2.24) is 5.32 Å². The van der Waals surface area contributed by atoms with Crippen molar-refractivity contribution >= 4 is 23.2 Å². The SMILES string of the molecule is C#CCC(NC(=O)c1sccc1OC)C(=O)O. The first-order valence-corrected chi connectivity index (χ1v) is 5.56. The maximum absolute atomic E-state index is 11.8. The van der Waals surface area contributed by atoms with Gasteiger partial charge in [-0.25, -0.2) is 4.79 Å². The van der Waals surface area contributed by atoms with Gasteiger partial charge in [0.2, 0.25) is 0 Å². The molecule has 0 radical (unpaired) electrons. The van der Waals surface area contributed by atoms with Gasteiger partial charge in [-0.05, 0) is 11.4 Å². The molecule has 17 heavy (non-hydrogen) atoms. The molecular formula is C11H11NO4S. The van der Waals surface area contributed by atoms with Crippen molar-refractivity contribution in [1.29, 1.82) is 0 Å². The van der Waals surface area contributed by atoms with Crippen LogP contribution in [-0.2, 0) is 4.79 Å². The summed E-state index contributed by atoms with van der Waals surface area (Å²) < 4.78 is 4.97. The molecule has 0 spiro atoms. The zero-order chi connectivity index (χ0) is 12.8. The smallest absolute Gasteiger partial charge is 0.327 e. The lowest BCUT2D eigenvalue weighted by atomic mass is 10.2. The fourth-order valence-electron chi connectivity index (χ4n) is 1.17. The molecule has 0 aliphatic heterocycles. The number of carbonyl (C=O) groups excluding carboxylic acids is 1. The third-order valence-electron chi connectivity index (χ3n) is 1.98. The van der Waals surface area contributed by atoms with Gasteiger partial charge in [-0.3, -0.25) is 4.79 Å². The molecule has 1 unspecified atom stereocenters. The number of amides is 1. The summed E-state index contributed by atoms with van der Waals surface area (Å²) in [6, 6.07) is 0.551. The summed E-state index contributed by atoms with van der Waals surface area (Å²) in [4.78, 5) is 22.9. The van der Waals surface area contributed by atoms with Gasteiger partial charge in [0.1, 0.15) is 16.7 Å². The van der Waals surface area contributed by atoms with E-state index in [9.17, 15) is 9.59 Å². The maximum atomic E-state index is 11.8. The molecule has 1 heterocycles. The molecule has 0 aliphatic carbocycles. The van der Waals surface area contributed by atoms with Gasteiger partial charge >= 0.3 is 5.97 Å². The van der Waals surface area contributed by atoms with Crippen molar-refractivity contribution in [2.45, 2.75) is 12.5 Å². The van der Waals surface area contributed by atoms with Gasteiger partial charge in [0.15, 0.2) is 0 Å². The number of terminal acetylenes is 1. The molecule has 0 aliphatic rings. The Morgan fingerprint density at radius 2 is 2.41 bits per heavy atom. The Morgan fingerprint density at radius 1 is 1.71 bits per heavy atom. The molecule has 5 nitrogen and oxygen atoms in total. The Bertz CT molecular complexity index is 460. The monoisotopic (exact) mass is 253 g/mol. The van der Waals surface area contributed by atoms with Crippen molar-refractivity contribution in [2.75, 3.05) is 7.11 Å². The van der Waals surface area contributed by atoms with Crippen molar-refractivity contribution < 1.29 is 19.4 Å². The first kappa shape index (κ1) is 13.1. The number of carboxylic acids is 1. The van der Waals surface area contributed by atoms with Gasteiger partial charge in [0.05, 0.1) is 7.11 Å². The molecule has 0 aromatic carbocycles. The summed E-state index contributed by atoms with van der Waals surface area (Å²) in [5, 5.41) is 12.9. The maximum Gasteiger partial charge on any atom is 0.327 e. The van der Waals surface area contributed by atoms with E-state index in [0.29, 0.717) is 10.6 Å².